The second kappa shape index (κ2) is 10.1. The average molecular weight is 543 g/mol. The lowest BCUT2D eigenvalue weighted by Gasteiger charge is -2.37. The van der Waals surface area contributed by atoms with Gasteiger partial charge in [0.25, 0.3) is 5.56 Å². The predicted octanol–water partition coefficient (Wildman–Crippen LogP) is -0.835. The van der Waals surface area contributed by atoms with Gasteiger partial charge in [-0.1, -0.05) is 0 Å². The van der Waals surface area contributed by atoms with Gasteiger partial charge in [-0.15, -0.1) is 0 Å². The molecule has 0 radical (unpaired) electrons. The maximum Gasteiger partial charge on any atom is 0.483 e. The highest BCUT2D eigenvalue weighted by Crippen LogP contribution is 2.61. The molecule has 0 bridgehead atoms. The molecule has 2 unspecified atom stereocenters. The Morgan fingerprint density at radius 3 is 2.54 bits per heavy atom. The molecule has 0 aromatic carbocycles. The largest absolute Gasteiger partial charge is 0.483 e. The number of nitrogens with two attached hydrogens (primary N) is 1. The quantitative estimate of drug-likeness (QED) is 0.251. The fourth-order valence-corrected chi connectivity index (χ4v) is 5.78. The zero-order chi connectivity index (χ0) is 26.3. The molecule has 0 amide bonds. The van der Waals surface area contributed by atoms with Crippen LogP contribution in [0.1, 0.15) is 38.5 Å². The van der Waals surface area contributed by atoms with E-state index in [4.69, 9.17) is 19.7 Å². The number of ether oxygens (including phenoxy) is 2. The number of Topliss-reactive ketones (excluding diaryl/α,β-unsaturated/α-hetero) is 1. The van der Waals surface area contributed by atoms with E-state index in [1.165, 1.54) is 27.0 Å². The van der Waals surface area contributed by atoms with Crippen molar-refractivity contribution in [2.45, 2.75) is 70.0 Å². The Bertz CT molecular complexity index is 1180. The van der Waals surface area contributed by atoms with Gasteiger partial charge in [0, 0.05) is 24.6 Å². The van der Waals surface area contributed by atoms with Crippen molar-refractivity contribution in [2.75, 3.05) is 6.61 Å². The van der Waals surface area contributed by atoms with Crippen molar-refractivity contribution in [3.05, 3.63) is 32.6 Å². The summed E-state index contributed by atoms with van der Waals surface area (Å²) in [6, 6.07) is 0. The standard InChI is InChI=1S/C17H27N3O13P2/c1-8-6-20(16(24)19-15(8)23)12-4-10(21)11(31-12)7-29-34(25,26)33-35(27,28)32-13-5-17(3,18)14(22)9(2)30-13/h6,9-13,21H,4-5,7,18H2,1-3H3,(H,25,26)(H,27,28)(H,19,23,24)/t9-,10+,11-,12-,13-,17+/m1/s1. The van der Waals surface area contributed by atoms with Gasteiger partial charge in [0.2, 0.25) is 0 Å². The molecule has 35 heavy (non-hydrogen) atoms. The van der Waals surface area contributed by atoms with Crippen LogP contribution in [0.15, 0.2) is 15.8 Å². The summed E-state index contributed by atoms with van der Waals surface area (Å²) in [5.74, 6) is -0.463. The zero-order valence-corrected chi connectivity index (χ0v) is 20.7. The van der Waals surface area contributed by atoms with Crippen molar-refractivity contribution in [3.63, 3.8) is 0 Å². The normalized spacial score (nSPS) is 34.9. The summed E-state index contributed by atoms with van der Waals surface area (Å²) >= 11 is 0. The van der Waals surface area contributed by atoms with E-state index in [1.54, 1.807) is 0 Å². The molecule has 1 aromatic rings. The molecule has 3 heterocycles. The highest BCUT2D eigenvalue weighted by atomic mass is 31.3. The molecule has 0 spiro atoms. The first-order chi connectivity index (χ1) is 16.0. The first-order valence-electron chi connectivity index (χ1n) is 10.3. The molecule has 0 saturated carbocycles. The zero-order valence-electron chi connectivity index (χ0n) is 18.9. The van der Waals surface area contributed by atoms with Crippen molar-refractivity contribution in [1.82, 2.24) is 9.55 Å². The van der Waals surface area contributed by atoms with Crippen LogP contribution in [0, 0.1) is 6.92 Å². The molecule has 2 aliphatic rings. The summed E-state index contributed by atoms with van der Waals surface area (Å²) in [5, 5.41) is 10.2. The van der Waals surface area contributed by atoms with Crippen LogP contribution < -0.4 is 17.0 Å². The summed E-state index contributed by atoms with van der Waals surface area (Å²) in [7, 11) is -10.5. The SMILES string of the molecule is Cc1cn([C@H]2C[C@H](O)[C@@H](COP(=O)(O)OP(=O)(O)O[C@@H]3C[C@](C)(N)C(=O)[C@@H](C)O3)O2)c(=O)[nH]c1=O. The monoisotopic (exact) mass is 543 g/mol. The molecule has 18 heteroatoms. The first-order valence-corrected chi connectivity index (χ1v) is 13.3. The number of H-pyrrole nitrogens is 1. The van der Waals surface area contributed by atoms with Gasteiger partial charge < -0.3 is 30.1 Å². The number of aliphatic hydroxyl groups is 1. The van der Waals surface area contributed by atoms with E-state index in [2.05, 4.69) is 13.8 Å². The van der Waals surface area contributed by atoms with Crippen molar-refractivity contribution >= 4 is 21.4 Å². The minimum atomic E-state index is -5.25. The van der Waals surface area contributed by atoms with E-state index in [0.29, 0.717) is 0 Å². The van der Waals surface area contributed by atoms with E-state index in [9.17, 15) is 38.4 Å². The van der Waals surface area contributed by atoms with E-state index >= 15 is 0 Å². The maximum atomic E-state index is 12.2. The number of hydrogen-bond donors (Lipinski definition) is 5. The van der Waals surface area contributed by atoms with Crippen molar-refractivity contribution < 1.29 is 51.6 Å². The number of aryl methyl sites for hydroxylation is 1. The van der Waals surface area contributed by atoms with Gasteiger partial charge in [-0.05, 0) is 20.8 Å². The Morgan fingerprint density at radius 2 is 1.91 bits per heavy atom. The lowest BCUT2D eigenvalue weighted by Crippen LogP contribution is -2.57. The van der Waals surface area contributed by atoms with Gasteiger partial charge in [-0.2, -0.15) is 4.31 Å². The van der Waals surface area contributed by atoms with Gasteiger partial charge in [0.15, 0.2) is 12.1 Å². The van der Waals surface area contributed by atoms with Crippen molar-refractivity contribution in [2.24, 2.45) is 5.73 Å². The van der Waals surface area contributed by atoms with Crippen LogP contribution >= 0.6 is 15.6 Å². The van der Waals surface area contributed by atoms with Crippen LogP contribution in [0.3, 0.4) is 0 Å². The third-order valence-corrected chi connectivity index (χ3v) is 8.03. The number of nitrogens with zero attached hydrogens (tertiary/aromatic N) is 1. The molecule has 1 aromatic heterocycles. The highest BCUT2D eigenvalue weighted by Gasteiger charge is 2.46. The van der Waals surface area contributed by atoms with Gasteiger partial charge in [0.1, 0.15) is 18.4 Å². The van der Waals surface area contributed by atoms with Crippen LogP contribution in [0.25, 0.3) is 0 Å². The number of phosphoric ester groups is 2. The summed E-state index contributed by atoms with van der Waals surface area (Å²) in [4.78, 5) is 57.3. The average Bonchev–Trinajstić information content (AvgIpc) is 3.06. The Hall–Kier alpha value is -1.55. The number of rotatable bonds is 8. The second-order valence-electron chi connectivity index (χ2n) is 8.52. The minimum Gasteiger partial charge on any atom is -0.390 e. The molecule has 6 N–H and O–H groups in total. The molecule has 8 atom stereocenters. The third-order valence-electron chi connectivity index (χ3n) is 5.40. The van der Waals surface area contributed by atoms with Gasteiger partial charge in [-0.25, -0.2) is 13.9 Å². The molecular formula is C17H27N3O13P2. The maximum absolute atomic E-state index is 12.2. The van der Waals surface area contributed by atoms with Crippen LogP contribution in [-0.2, 0) is 36.8 Å². The molecule has 0 aliphatic carbocycles. The Morgan fingerprint density at radius 1 is 1.26 bits per heavy atom. The van der Waals surface area contributed by atoms with Crippen LogP contribution in [0.2, 0.25) is 0 Å². The number of aromatic amines is 1. The number of hydrogen-bond acceptors (Lipinski definition) is 12. The molecule has 2 fully saturated rings. The van der Waals surface area contributed by atoms with Crippen LogP contribution in [0.5, 0.6) is 0 Å². The van der Waals surface area contributed by atoms with Crippen molar-refractivity contribution in [3.8, 4) is 0 Å². The van der Waals surface area contributed by atoms with Crippen LogP contribution in [-0.4, -0.2) is 67.0 Å². The molecule has 2 saturated heterocycles. The molecule has 16 nitrogen and oxygen atoms in total. The Balaban J connectivity index is 1.58. The first kappa shape index (κ1) is 28.0. The fourth-order valence-electron chi connectivity index (χ4n) is 3.64. The van der Waals surface area contributed by atoms with Crippen LogP contribution in [0.4, 0.5) is 0 Å². The number of ketones is 1. The van der Waals surface area contributed by atoms with Gasteiger partial charge in [0.05, 0.1) is 18.2 Å². The fraction of sp³-hybridized carbons (Fsp3) is 0.706. The number of phosphoric acid groups is 2. The van der Waals surface area contributed by atoms with E-state index in [0.717, 1.165) is 4.57 Å². The summed E-state index contributed by atoms with van der Waals surface area (Å²) in [6.07, 6.45) is -5.27. The van der Waals surface area contributed by atoms with Gasteiger partial charge >= 0.3 is 21.3 Å². The third kappa shape index (κ3) is 6.81. The van der Waals surface area contributed by atoms with Gasteiger partial charge in [-0.3, -0.25) is 28.2 Å². The Kier molecular flexibility index (Phi) is 8.07. The molecular weight excluding hydrogens is 516 g/mol. The topological polar surface area (TPSA) is 239 Å². The summed E-state index contributed by atoms with van der Waals surface area (Å²) in [5.41, 5.74) is 3.24. The predicted molar refractivity (Wildman–Crippen MR) is 115 cm³/mol. The molecule has 2 aliphatic heterocycles. The number of carbonyl (C=O) groups excluding carboxylic acids is 1. The summed E-state index contributed by atoms with van der Waals surface area (Å²) in [6.45, 7) is 3.42. The van der Waals surface area contributed by atoms with E-state index in [-0.39, 0.29) is 18.4 Å². The highest BCUT2D eigenvalue weighted by molar-refractivity contribution is 7.61. The molecule has 3 rings (SSSR count). The van der Waals surface area contributed by atoms with E-state index in [1.807, 2.05) is 0 Å². The van der Waals surface area contributed by atoms with Crippen molar-refractivity contribution in [1.29, 1.82) is 0 Å². The summed E-state index contributed by atoms with van der Waals surface area (Å²) < 4.78 is 49.8. The lowest BCUT2D eigenvalue weighted by atomic mass is 9.88. The lowest BCUT2D eigenvalue weighted by molar-refractivity contribution is -0.179. The number of aliphatic hydroxyl groups excluding tert-OH is 1. The minimum absolute atomic E-state index is 0.120. The smallest absolute Gasteiger partial charge is 0.390 e. The number of aromatic nitrogens is 2. The number of nitrogens with one attached hydrogen (secondary N) is 1. The molecule has 198 valence electrons. The number of carbonyl (C=O) groups is 1. The Labute approximate surface area is 198 Å². The van der Waals surface area contributed by atoms with E-state index < -0.39 is 75.7 Å². The second-order valence-corrected chi connectivity index (χ2v) is 11.5.